The Kier molecular flexibility index (Phi) is 3.89. The van der Waals surface area contributed by atoms with E-state index >= 15 is 0 Å². The van der Waals surface area contributed by atoms with Crippen molar-refractivity contribution in [1.82, 2.24) is 9.55 Å². The summed E-state index contributed by atoms with van der Waals surface area (Å²) < 4.78 is 1.82. The zero-order valence-corrected chi connectivity index (χ0v) is 11.1. The van der Waals surface area contributed by atoms with Gasteiger partial charge in [0.25, 0.3) is 0 Å². The average Bonchev–Trinajstić information content (AvgIpc) is 2.88. The van der Waals surface area contributed by atoms with Crippen LogP contribution in [0, 0.1) is 5.21 Å². The van der Waals surface area contributed by atoms with Gasteiger partial charge in [-0.25, -0.2) is 10.1 Å². The van der Waals surface area contributed by atoms with E-state index in [1.807, 2.05) is 16.6 Å². The van der Waals surface area contributed by atoms with E-state index in [0.29, 0.717) is 21.3 Å². The largest absolute Gasteiger partial charge is 0.625 e. The van der Waals surface area contributed by atoms with E-state index in [9.17, 15) is 5.21 Å². The second kappa shape index (κ2) is 5.42. The van der Waals surface area contributed by atoms with E-state index in [1.165, 1.54) is 0 Å². The molecule has 0 aliphatic carbocycles. The van der Waals surface area contributed by atoms with Crippen molar-refractivity contribution in [2.75, 3.05) is 0 Å². The van der Waals surface area contributed by atoms with Crippen LogP contribution in [-0.4, -0.2) is 15.3 Å². The maximum absolute atomic E-state index is 11.2. The van der Waals surface area contributed by atoms with Crippen molar-refractivity contribution < 1.29 is 5.16 Å². The summed E-state index contributed by atoms with van der Waals surface area (Å²) in [4.78, 5) is 3.96. The molecule has 0 saturated carbocycles. The van der Waals surface area contributed by atoms with Crippen molar-refractivity contribution >= 4 is 28.9 Å². The van der Waals surface area contributed by atoms with Gasteiger partial charge in [0.05, 0.1) is 16.4 Å². The number of hydrogen-bond donors (Lipinski definition) is 1. The van der Waals surface area contributed by atoms with Crippen LogP contribution in [0.4, 0.5) is 0 Å². The molecule has 0 aliphatic rings. The Labute approximate surface area is 114 Å². The Morgan fingerprint density at radius 2 is 2.17 bits per heavy atom. The first-order valence-corrected chi connectivity index (χ1v) is 6.07. The van der Waals surface area contributed by atoms with Crippen molar-refractivity contribution in [3.63, 3.8) is 0 Å². The fourth-order valence-electron chi connectivity index (χ4n) is 1.70. The first-order valence-electron chi connectivity index (χ1n) is 5.31. The van der Waals surface area contributed by atoms with Gasteiger partial charge >= 0.3 is 0 Å². The Morgan fingerprint density at radius 1 is 1.39 bits per heavy atom. The third kappa shape index (κ3) is 2.49. The molecule has 2 rings (SSSR count). The molecule has 1 aromatic carbocycles. The van der Waals surface area contributed by atoms with Gasteiger partial charge in [-0.2, -0.15) is 0 Å². The summed E-state index contributed by atoms with van der Waals surface area (Å²) in [5, 5.41) is 14.0. The third-order valence-corrected chi connectivity index (χ3v) is 3.47. The predicted octanol–water partition coefficient (Wildman–Crippen LogP) is 1.82. The first kappa shape index (κ1) is 12.9. The van der Waals surface area contributed by atoms with Crippen molar-refractivity contribution in [2.45, 2.75) is 13.0 Å². The van der Waals surface area contributed by atoms with Crippen LogP contribution < -0.4 is 5.16 Å². The lowest BCUT2D eigenvalue weighted by molar-refractivity contribution is -0.375. The zero-order chi connectivity index (χ0) is 13.1. The molecule has 0 spiro atoms. The number of halogens is 2. The van der Waals surface area contributed by atoms with Gasteiger partial charge in [0, 0.05) is 18.0 Å². The van der Waals surface area contributed by atoms with Crippen molar-refractivity contribution in [3.8, 4) is 0 Å². The van der Waals surface area contributed by atoms with Crippen molar-refractivity contribution in [1.29, 1.82) is 0 Å². The summed E-state index contributed by atoms with van der Waals surface area (Å²) in [7, 11) is 0. The molecule has 2 aromatic rings. The Morgan fingerprint density at radius 3 is 2.72 bits per heavy atom. The molecule has 1 unspecified atom stereocenters. The molecule has 0 amide bonds. The van der Waals surface area contributed by atoms with E-state index in [0.717, 1.165) is 0 Å². The molecule has 1 aromatic heterocycles. The second-order valence-corrected chi connectivity index (χ2v) is 4.64. The van der Waals surface area contributed by atoms with Gasteiger partial charge in [-0.05, 0) is 25.1 Å². The summed E-state index contributed by atoms with van der Waals surface area (Å²) in [6, 6.07) is 4.92. The molecule has 94 valence electrons. The lowest BCUT2D eigenvalue weighted by Crippen LogP contribution is -2.67. The normalized spacial score (nSPS) is 13.6. The van der Waals surface area contributed by atoms with Crippen LogP contribution >= 0.6 is 23.2 Å². The number of hydrogen-bond acceptors (Lipinski definition) is 2. The maximum Gasteiger partial charge on any atom is 0.215 e. The van der Waals surface area contributed by atoms with Crippen LogP contribution in [0.1, 0.15) is 18.5 Å². The zero-order valence-electron chi connectivity index (χ0n) is 9.60. The number of nitrogens with zero attached hydrogens (tertiary/aromatic N) is 2. The van der Waals surface area contributed by atoms with Crippen LogP contribution in [0.3, 0.4) is 0 Å². The van der Waals surface area contributed by atoms with Crippen LogP contribution in [-0.2, 0) is 0 Å². The highest BCUT2D eigenvalue weighted by Crippen LogP contribution is 2.24. The summed E-state index contributed by atoms with van der Waals surface area (Å²) in [6.45, 7) is 1.89. The van der Waals surface area contributed by atoms with Gasteiger partial charge in [-0.3, -0.25) is 0 Å². The minimum Gasteiger partial charge on any atom is -0.625 e. The highest BCUT2D eigenvalue weighted by molar-refractivity contribution is 6.42. The number of aromatic nitrogens is 2. The van der Waals surface area contributed by atoms with E-state index in [-0.39, 0.29) is 6.04 Å². The highest BCUT2D eigenvalue weighted by atomic mass is 35.5. The lowest BCUT2D eigenvalue weighted by atomic mass is 10.0. The number of nitrogens with one attached hydrogen (secondary N) is 1. The van der Waals surface area contributed by atoms with Gasteiger partial charge in [0.15, 0.2) is 0 Å². The molecule has 18 heavy (non-hydrogen) atoms. The SMILES string of the molecule is CC(C(=[NH+][O-])c1ccc(Cl)c(Cl)c1)n1ccnc1. The average molecular weight is 284 g/mol. The molecule has 1 atom stereocenters. The van der Waals surface area contributed by atoms with E-state index in [4.69, 9.17) is 23.2 Å². The van der Waals surface area contributed by atoms with E-state index < -0.39 is 0 Å². The Hall–Kier alpha value is -1.52. The standard InChI is InChI=1S/C12H11Cl2N3O/c1-8(17-5-4-15-7-17)12(16-18)9-2-3-10(13)11(14)6-9/h2-8,16H,1H3. The molecule has 0 aliphatic heterocycles. The van der Waals surface area contributed by atoms with E-state index in [2.05, 4.69) is 4.98 Å². The molecule has 0 fully saturated rings. The van der Waals surface area contributed by atoms with Gasteiger partial charge in [-0.1, -0.05) is 23.2 Å². The monoisotopic (exact) mass is 283 g/mol. The fourth-order valence-corrected chi connectivity index (χ4v) is 1.99. The van der Waals surface area contributed by atoms with Crippen LogP contribution in [0.25, 0.3) is 0 Å². The highest BCUT2D eigenvalue weighted by Gasteiger charge is 2.19. The van der Waals surface area contributed by atoms with Crippen LogP contribution in [0.2, 0.25) is 10.0 Å². The Bertz CT molecular complexity index is 567. The molecule has 1 N–H and O–H groups in total. The summed E-state index contributed by atoms with van der Waals surface area (Å²) in [6.07, 6.45) is 5.10. The molecule has 1 heterocycles. The van der Waals surface area contributed by atoms with Crippen molar-refractivity contribution in [3.05, 3.63) is 57.7 Å². The van der Waals surface area contributed by atoms with Crippen molar-refractivity contribution in [2.24, 2.45) is 0 Å². The lowest BCUT2D eigenvalue weighted by Gasteiger charge is -2.12. The summed E-state index contributed by atoms with van der Waals surface area (Å²) in [5.74, 6) is 0. The van der Waals surface area contributed by atoms with Gasteiger partial charge in [-0.15, -0.1) is 0 Å². The van der Waals surface area contributed by atoms with E-state index in [1.54, 1.807) is 36.9 Å². The van der Waals surface area contributed by atoms with Crippen LogP contribution in [0.5, 0.6) is 0 Å². The fraction of sp³-hybridized carbons (Fsp3) is 0.167. The summed E-state index contributed by atoms with van der Waals surface area (Å²) in [5.41, 5.74) is 1.21. The molecule has 0 radical (unpaired) electrons. The number of imidazole rings is 1. The molecule has 4 nitrogen and oxygen atoms in total. The molecule has 0 saturated heterocycles. The number of benzene rings is 1. The predicted molar refractivity (Wildman–Crippen MR) is 71.8 cm³/mol. The minimum atomic E-state index is -0.165. The molecule has 6 heteroatoms. The quantitative estimate of drug-likeness (QED) is 0.531. The van der Waals surface area contributed by atoms with Gasteiger partial charge in [0.2, 0.25) is 5.71 Å². The number of rotatable bonds is 3. The maximum atomic E-state index is 11.2. The topological polar surface area (TPSA) is 54.9 Å². The third-order valence-electron chi connectivity index (χ3n) is 2.73. The second-order valence-electron chi connectivity index (χ2n) is 3.83. The minimum absolute atomic E-state index is 0.165. The van der Waals surface area contributed by atoms with Crippen LogP contribution in [0.15, 0.2) is 36.9 Å². The van der Waals surface area contributed by atoms with Gasteiger partial charge in [0.1, 0.15) is 6.04 Å². The molecular weight excluding hydrogens is 273 g/mol. The first-order chi connectivity index (χ1) is 8.63. The summed E-state index contributed by atoms with van der Waals surface area (Å²) >= 11 is 11.8. The molecule has 0 bridgehead atoms. The smallest absolute Gasteiger partial charge is 0.215 e. The Balaban J connectivity index is 2.37. The molecular formula is C12H11Cl2N3O. The van der Waals surface area contributed by atoms with Gasteiger partial charge < -0.3 is 9.77 Å².